The van der Waals surface area contributed by atoms with E-state index in [1.807, 2.05) is 0 Å². The largest absolute Gasteiger partial charge is 0.358 e. The summed E-state index contributed by atoms with van der Waals surface area (Å²) >= 11 is 5.91. The fourth-order valence-electron chi connectivity index (χ4n) is 3.18. The number of halogens is 3. The quantitative estimate of drug-likeness (QED) is 0.784. The number of anilines is 1. The van der Waals surface area contributed by atoms with E-state index in [9.17, 15) is 8.78 Å². The molecule has 23 heavy (non-hydrogen) atoms. The first-order chi connectivity index (χ1) is 11.0. The van der Waals surface area contributed by atoms with Crippen molar-refractivity contribution in [2.75, 3.05) is 24.6 Å². The molecule has 4 rings (SSSR count). The van der Waals surface area contributed by atoms with Crippen molar-refractivity contribution < 1.29 is 13.5 Å². The smallest absolute Gasteiger partial charge is 0.267 e. The molecule has 2 saturated heterocycles. The molecule has 124 valence electrons. The molecule has 1 atom stereocenters. The summed E-state index contributed by atoms with van der Waals surface area (Å²) in [5.74, 6) is -2.24. The molecular formula is C14H16ClF2N5O. The van der Waals surface area contributed by atoms with E-state index >= 15 is 0 Å². The van der Waals surface area contributed by atoms with Crippen LogP contribution in [0.2, 0.25) is 5.28 Å². The van der Waals surface area contributed by atoms with Crippen molar-refractivity contribution in [1.82, 2.24) is 19.5 Å². The highest BCUT2D eigenvalue weighted by Gasteiger charge is 2.41. The SMILES string of the molecule is FC1(F)CCN(c2nc3cnc(Cl)nc3n2C2CCCCO2)C1. The minimum atomic E-state index is -2.69. The summed E-state index contributed by atoms with van der Waals surface area (Å²) in [7, 11) is 0. The fraction of sp³-hybridized carbons (Fsp3) is 0.643. The van der Waals surface area contributed by atoms with E-state index in [2.05, 4.69) is 15.0 Å². The number of aromatic nitrogens is 4. The first kappa shape index (κ1) is 15.0. The zero-order chi connectivity index (χ0) is 16.0. The number of hydrogen-bond donors (Lipinski definition) is 0. The first-order valence-electron chi connectivity index (χ1n) is 7.68. The standard InChI is InChI=1S/C14H16ClF2N5O/c15-12-18-7-9-11(20-12)22(10-3-1-2-6-23-10)13(19-9)21-5-4-14(16,17)8-21/h7,10H,1-6,8H2. The van der Waals surface area contributed by atoms with Gasteiger partial charge in [0.15, 0.2) is 5.65 Å². The highest BCUT2D eigenvalue weighted by atomic mass is 35.5. The number of rotatable bonds is 2. The van der Waals surface area contributed by atoms with Crippen molar-refractivity contribution in [3.63, 3.8) is 0 Å². The minimum Gasteiger partial charge on any atom is -0.358 e. The van der Waals surface area contributed by atoms with E-state index in [1.165, 1.54) is 6.20 Å². The van der Waals surface area contributed by atoms with Crippen molar-refractivity contribution >= 4 is 28.7 Å². The second-order valence-corrected chi connectivity index (χ2v) is 6.32. The molecule has 9 heteroatoms. The van der Waals surface area contributed by atoms with Gasteiger partial charge in [-0.1, -0.05) is 0 Å². The number of hydrogen-bond acceptors (Lipinski definition) is 5. The van der Waals surface area contributed by atoms with E-state index in [1.54, 1.807) is 9.47 Å². The molecule has 2 aliphatic rings. The number of fused-ring (bicyclic) bond motifs is 1. The van der Waals surface area contributed by atoms with Gasteiger partial charge in [0.05, 0.1) is 12.7 Å². The first-order valence-corrected chi connectivity index (χ1v) is 8.06. The van der Waals surface area contributed by atoms with Gasteiger partial charge in [-0.25, -0.2) is 18.7 Å². The van der Waals surface area contributed by atoms with Gasteiger partial charge in [0.2, 0.25) is 11.2 Å². The summed E-state index contributed by atoms with van der Waals surface area (Å²) in [6.07, 6.45) is 3.89. The monoisotopic (exact) mass is 343 g/mol. The Morgan fingerprint density at radius 2 is 2.17 bits per heavy atom. The second-order valence-electron chi connectivity index (χ2n) is 5.98. The van der Waals surface area contributed by atoms with Crippen LogP contribution in [0.25, 0.3) is 11.2 Å². The van der Waals surface area contributed by atoms with Gasteiger partial charge >= 0.3 is 0 Å². The van der Waals surface area contributed by atoms with Gasteiger partial charge in [-0.3, -0.25) is 4.57 Å². The number of imidazole rings is 1. The predicted octanol–water partition coefficient (Wildman–Crippen LogP) is 3.02. The maximum atomic E-state index is 13.6. The van der Waals surface area contributed by atoms with Gasteiger partial charge in [-0.2, -0.15) is 4.98 Å². The number of ether oxygens (including phenoxy) is 1. The summed E-state index contributed by atoms with van der Waals surface area (Å²) in [5.41, 5.74) is 1.07. The van der Waals surface area contributed by atoms with Gasteiger partial charge in [0, 0.05) is 19.6 Å². The van der Waals surface area contributed by atoms with Crippen molar-refractivity contribution in [2.24, 2.45) is 0 Å². The normalized spacial score (nSPS) is 24.5. The van der Waals surface area contributed by atoms with Crippen LogP contribution in [0.4, 0.5) is 14.7 Å². The molecule has 2 fully saturated rings. The summed E-state index contributed by atoms with van der Waals surface area (Å²) in [4.78, 5) is 14.2. The average molecular weight is 344 g/mol. The molecule has 0 aromatic carbocycles. The van der Waals surface area contributed by atoms with Crippen LogP contribution in [0.15, 0.2) is 6.20 Å². The molecule has 0 saturated carbocycles. The third kappa shape index (κ3) is 2.74. The summed E-state index contributed by atoms with van der Waals surface area (Å²) in [6, 6.07) is 0. The molecule has 0 amide bonds. The highest BCUT2D eigenvalue weighted by molar-refractivity contribution is 6.28. The molecule has 2 aromatic rings. The third-order valence-electron chi connectivity index (χ3n) is 4.28. The molecule has 2 aliphatic heterocycles. The Hall–Kier alpha value is -1.54. The lowest BCUT2D eigenvalue weighted by Crippen LogP contribution is -2.29. The Morgan fingerprint density at radius 3 is 2.87 bits per heavy atom. The highest BCUT2D eigenvalue weighted by Crippen LogP contribution is 2.36. The Labute approximate surface area is 136 Å². The second kappa shape index (κ2) is 5.52. The molecule has 0 bridgehead atoms. The predicted molar refractivity (Wildman–Crippen MR) is 81.0 cm³/mol. The van der Waals surface area contributed by atoms with E-state index in [4.69, 9.17) is 16.3 Å². The zero-order valence-corrected chi connectivity index (χ0v) is 13.1. The molecule has 0 aliphatic carbocycles. The van der Waals surface area contributed by atoms with E-state index < -0.39 is 5.92 Å². The van der Waals surface area contributed by atoms with Crippen LogP contribution in [-0.2, 0) is 4.74 Å². The van der Waals surface area contributed by atoms with Crippen LogP contribution in [0.1, 0.15) is 31.9 Å². The van der Waals surface area contributed by atoms with Crippen LogP contribution in [0, 0.1) is 0 Å². The van der Waals surface area contributed by atoms with Crippen molar-refractivity contribution in [3.8, 4) is 0 Å². The zero-order valence-electron chi connectivity index (χ0n) is 12.4. The molecule has 6 nitrogen and oxygen atoms in total. The van der Waals surface area contributed by atoms with Gasteiger partial charge in [-0.15, -0.1) is 0 Å². The van der Waals surface area contributed by atoms with Crippen molar-refractivity contribution in [2.45, 2.75) is 37.8 Å². The molecule has 2 aromatic heterocycles. The Bertz CT molecular complexity index is 731. The Morgan fingerprint density at radius 1 is 1.30 bits per heavy atom. The molecule has 1 unspecified atom stereocenters. The molecule has 0 N–H and O–H groups in total. The maximum Gasteiger partial charge on any atom is 0.267 e. The molecule has 4 heterocycles. The summed E-state index contributed by atoms with van der Waals surface area (Å²) in [5, 5.41) is 0.104. The number of alkyl halides is 2. The van der Waals surface area contributed by atoms with Gasteiger partial charge < -0.3 is 9.64 Å². The lowest BCUT2D eigenvalue weighted by Gasteiger charge is -2.28. The van der Waals surface area contributed by atoms with E-state index in [0.717, 1.165) is 19.3 Å². The Kier molecular flexibility index (Phi) is 3.60. The third-order valence-corrected chi connectivity index (χ3v) is 4.46. The van der Waals surface area contributed by atoms with Crippen LogP contribution in [0.3, 0.4) is 0 Å². The van der Waals surface area contributed by atoms with Crippen LogP contribution >= 0.6 is 11.6 Å². The lowest BCUT2D eigenvalue weighted by molar-refractivity contribution is -0.0291. The van der Waals surface area contributed by atoms with E-state index in [0.29, 0.717) is 23.7 Å². The van der Waals surface area contributed by atoms with Crippen LogP contribution in [0.5, 0.6) is 0 Å². The fourth-order valence-corrected chi connectivity index (χ4v) is 3.31. The average Bonchev–Trinajstić information content (AvgIpc) is 3.07. The maximum absolute atomic E-state index is 13.6. The molecule has 0 radical (unpaired) electrons. The topological polar surface area (TPSA) is 56.1 Å². The van der Waals surface area contributed by atoms with Crippen molar-refractivity contribution in [3.05, 3.63) is 11.5 Å². The minimum absolute atomic E-state index is 0.104. The Balaban J connectivity index is 1.82. The van der Waals surface area contributed by atoms with Crippen LogP contribution < -0.4 is 4.90 Å². The summed E-state index contributed by atoms with van der Waals surface area (Å²) in [6.45, 7) is 0.549. The van der Waals surface area contributed by atoms with Crippen LogP contribution in [-0.4, -0.2) is 45.1 Å². The van der Waals surface area contributed by atoms with Gasteiger partial charge in [0.25, 0.3) is 5.92 Å². The van der Waals surface area contributed by atoms with Gasteiger partial charge in [-0.05, 0) is 30.9 Å². The van der Waals surface area contributed by atoms with Crippen molar-refractivity contribution in [1.29, 1.82) is 0 Å². The van der Waals surface area contributed by atoms with E-state index in [-0.39, 0.29) is 31.0 Å². The molecule has 0 spiro atoms. The number of nitrogens with zero attached hydrogens (tertiary/aromatic N) is 5. The molecular weight excluding hydrogens is 328 g/mol. The summed E-state index contributed by atoms with van der Waals surface area (Å²) < 4.78 is 34.9. The van der Waals surface area contributed by atoms with Gasteiger partial charge in [0.1, 0.15) is 11.7 Å². The lowest BCUT2D eigenvalue weighted by atomic mass is 10.2.